The molecule has 0 saturated heterocycles. The number of ketones is 1. The molecular formula is C15H22O. The lowest BCUT2D eigenvalue weighted by atomic mass is 9.82. The van der Waals surface area contributed by atoms with Crippen LogP contribution in [-0.2, 0) is 4.79 Å². The molecule has 0 radical (unpaired) electrons. The van der Waals surface area contributed by atoms with Crippen molar-refractivity contribution in [3.05, 3.63) is 35.9 Å². The first-order valence-corrected chi connectivity index (χ1v) is 6.03. The minimum atomic E-state index is -0.220. The normalized spacial score (nSPS) is 13.5. The van der Waals surface area contributed by atoms with E-state index in [4.69, 9.17) is 0 Å². The summed E-state index contributed by atoms with van der Waals surface area (Å²) in [6.07, 6.45) is 1.68. The Balaban J connectivity index is 2.75. The van der Waals surface area contributed by atoms with Crippen LogP contribution in [0.3, 0.4) is 0 Å². The molecule has 88 valence electrons. The minimum Gasteiger partial charge on any atom is -0.299 e. The third kappa shape index (κ3) is 3.48. The van der Waals surface area contributed by atoms with Crippen LogP contribution in [0.4, 0.5) is 0 Å². The predicted molar refractivity (Wildman–Crippen MR) is 68.6 cm³/mol. The van der Waals surface area contributed by atoms with Gasteiger partial charge in [0.05, 0.1) is 0 Å². The van der Waals surface area contributed by atoms with E-state index in [0.717, 1.165) is 6.42 Å². The lowest BCUT2D eigenvalue weighted by Crippen LogP contribution is -2.22. The highest BCUT2D eigenvalue weighted by molar-refractivity contribution is 5.84. The minimum absolute atomic E-state index is 0.220. The van der Waals surface area contributed by atoms with E-state index in [9.17, 15) is 4.79 Å². The highest BCUT2D eigenvalue weighted by Crippen LogP contribution is 2.28. The largest absolute Gasteiger partial charge is 0.299 e. The van der Waals surface area contributed by atoms with Gasteiger partial charge in [-0.25, -0.2) is 0 Å². The third-order valence-electron chi connectivity index (χ3n) is 3.03. The first kappa shape index (κ1) is 13.0. The molecule has 0 spiro atoms. The Morgan fingerprint density at radius 2 is 1.75 bits per heavy atom. The molecule has 0 N–H and O–H groups in total. The van der Waals surface area contributed by atoms with Crippen molar-refractivity contribution >= 4 is 5.78 Å². The van der Waals surface area contributed by atoms with Crippen LogP contribution in [0.1, 0.15) is 52.0 Å². The fourth-order valence-corrected chi connectivity index (χ4v) is 1.75. The first-order valence-electron chi connectivity index (χ1n) is 6.03. The smallest absolute Gasteiger partial charge is 0.138 e. The summed E-state index contributed by atoms with van der Waals surface area (Å²) in [5.41, 5.74) is 1.06. The summed E-state index contributed by atoms with van der Waals surface area (Å²) >= 11 is 0. The zero-order valence-electron chi connectivity index (χ0n) is 10.8. The van der Waals surface area contributed by atoms with Gasteiger partial charge < -0.3 is 0 Å². The average molecular weight is 218 g/mol. The molecule has 1 nitrogen and oxygen atoms in total. The van der Waals surface area contributed by atoms with Gasteiger partial charge in [0.15, 0.2) is 0 Å². The van der Waals surface area contributed by atoms with Crippen LogP contribution in [0.5, 0.6) is 0 Å². The number of carbonyl (C=O) groups is 1. The standard InChI is InChI=1S/C15H22O/c1-5-12(11-14(16)15(2,3)4)13-9-7-6-8-10-13/h6-10,12H,5,11H2,1-4H3/t12-/m1/s1. The monoisotopic (exact) mass is 218 g/mol. The molecule has 1 rings (SSSR count). The van der Waals surface area contributed by atoms with E-state index < -0.39 is 0 Å². The second-order valence-corrected chi connectivity index (χ2v) is 5.39. The molecule has 0 saturated carbocycles. The molecule has 0 fully saturated rings. The van der Waals surface area contributed by atoms with E-state index in [-0.39, 0.29) is 5.41 Å². The van der Waals surface area contributed by atoms with Gasteiger partial charge in [-0.05, 0) is 17.9 Å². The fraction of sp³-hybridized carbons (Fsp3) is 0.533. The molecule has 0 bridgehead atoms. The lowest BCUT2D eigenvalue weighted by molar-refractivity contribution is -0.126. The van der Waals surface area contributed by atoms with Gasteiger partial charge >= 0.3 is 0 Å². The molecule has 1 aromatic rings. The van der Waals surface area contributed by atoms with E-state index in [1.165, 1.54) is 5.56 Å². The van der Waals surface area contributed by atoms with Crippen molar-refractivity contribution < 1.29 is 4.79 Å². The first-order chi connectivity index (χ1) is 7.45. The summed E-state index contributed by atoms with van der Waals surface area (Å²) in [5, 5.41) is 0. The van der Waals surface area contributed by atoms with E-state index in [2.05, 4.69) is 19.1 Å². The maximum atomic E-state index is 12.0. The summed E-state index contributed by atoms with van der Waals surface area (Å²) in [5.74, 6) is 0.719. The van der Waals surface area contributed by atoms with Crippen molar-refractivity contribution in [2.24, 2.45) is 5.41 Å². The Kier molecular flexibility index (Phi) is 4.28. The van der Waals surface area contributed by atoms with Gasteiger partial charge in [0.2, 0.25) is 0 Å². The van der Waals surface area contributed by atoms with Gasteiger partial charge in [0.25, 0.3) is 0 Å². The molecule has 1 heteroatoms. The molecule has 0 amide bonds. The summed E-state index contributed by atoms with van der Waals surface area (Å²) in [7, 11) is 0. The number of hydrogen-bond acceptors (Lipinski definition) is 1. The molecule has 0 aliphatic heterocycles. The number of carbonyl (C=O) groups excluding carboxylic acids is 1. The number of rotatable bonds is 4. The van der Waals surface area contributed by atoms with Crippen LogP contribution < -0.4 is 0 Å². The molecule has 0 unspecified atom stereocenters. The fourth-order valence-electron chi connectivity index (χ4n) is 1.75. The molecule has 0 heterocycles. The number of Topliss-reactive ketones (excluding diaryl/α,β-unsaturated/α-hetero) is 1. The van der Waals surface area contributed by atoms with Crippen LogP contribution in [0.15, 0.2) is 30.3 Å². The summed E-state index contributed by atoms with van der Waals surface area (Å²) in [6.45, 7) is 8.13. The Morgan fingerprint density at radius 1 is 1.19 bits per heavy atom. The third-order valence-corrected chi connectivity index (χ3v) is 3.03. The second kappa shape index (κ2) is 5.29. The van der Waals surface area contributed by atoms with E-state index in [0.29, 0.717) is 18.1 Å². The lowest BCUT2D eigenvalue weighted by Gasteiger charge is -2.21. The number of hydrogen-bond donors (Lipinski definition) is 0. The van der Waals surface area contributed by atoms with E-state index >= 15 is 0 Å². The van der Waals surface area contributed by atoms with Gasteiger partial charge in [-0.15, -0.1) is 0 Å². The Bertz CT molecular complexity index is 332. The molecule has 1 aromatic carbocycles. The summed E-state index contributed by atoms with van der Waals surface area (Å²) in [4.78, 5) is 12.0. The van der Waals surface area contributed by atoms with Crippen LogP contribution in [0, 0.1) is 5.41 Å². The quantitative estimate of drug-likeness (QED) is 0.740. The van der Waals surface area contributed by atoms with Crippen molar-refractivity contribution in [1.82, 2.24) is 0 Å². The van der Waals surface area contributed by atoms with Gasteiger partial charge in [0, 0.05) is 11.8 Å². The van der Waals surface area contributed by atoms with Crippen molar-refractivity contribution in [2.45, 2.75) is 46.5 Å². The van der Waals surface area contributed by atoms with Crippen molar-refractivity contribution in [3.8, 4) is 0 Å². The Labute approximate surface area is 98.9 Å². The summed E-state index contributed by atoms with van der Waals surface area (Å²) in [6, 6.07) is 10.3. The molecule has 16 heavy (non-hydrogen) atoms. The Hall–Kier alpha value is -1.11. The maximum Gasteiger partial charge on any atom is 0.138 e. The maximum absolute atomic E-state index is 12.0. The van der Waals surface area contributed by atoms with Crippen molar-refractivity contribution in [3.63, 3.8) is 0 Å². The SMILES string of the molecule is CC[C@H](CC(=O)C(C)(C)C)c1ccccc1. The van der Waals surface area contributed by atoms with Crippen LogP contribution in [0.25, 0.3) is 0 Å². The molecule has 1 atom stereocenters. The van der Waals surface area contributed by atoms with Crippen molar-refractivity contribution in [1.29, 1.82) is 0 Å². The zero-order chi connectivity index (χ0) is 12.2. The summed E-state index contributed by atoms with van der Waals surface area (Å²) < 4.78 is 0. The van der Waals surface area contributed by atoms with Crippen LogP contribution in [0.2, 0.25) is 0 Å². The molecule has 0 aliphatic rings. The molecule has 0 aromatic heterocycles. The highest BCUT2D eigenvalue weighted by Gasteiger charge is 2.24. The molecular weight excluding hydrogens is 196 g/mol. The van der Waals surface area contributed by atoms with E-state index in [1.807, 2.05) is 39.0 Å². The van der Waals surface area contributed by atoms with Crippen LogP contribution >= 0.6 is 0 Å². The highest BCUT2D eigenvalue weighted by atomic mass is 16.1. The van der Waals surface area contributed by atoms with Gasteiger partial charge in [-0.3, -0.25) is 4.79 Å². The van der Waals surface area contributed by atoms with Crippen molar-refractivity contribution in [2.75, 3.05) is 0 Å². The number of benzene rings is 1. The Morgan fingerprint density at radius 3 is 2.19 bits per heavy atom. The predicted octanol–water partition coefficient (Wildman–Crippen LogP) is 4.19. The van der Waals surface area contributed by atoms with Gasteiger partial charge in [0.1, 0.15) is 5.78 Å². The second-order valence-electron chi connectivity index (χ2n) is 5.39. The van der Waals surface area contributed by atoms with Gasteiger partial charge in [-0.1, -0.05) is 58.0 Å². The topological polar surface area (TPSA) is 17.1 Å². The van der Waals surface area contributed by atoms with Crippen LogP contribution in [-0.4, -0.2) is 5.78 Å². The van der Waals surface area contributed by atoms with Gasteiger partial charge in [-0.2, -0.15) is 0 Å². The zero-order valence-corrected chi connectivity index (χ0v) is 10.8. The average Bonchev–Trinajstić information content (AvgIpc) is 2.25. The van der Waals surface area contributed by atoms with E-state index in [1.54, 1.807) is 0 Å². The molecule has 0 aliphatic carbocycles.